The number of rotatable bonds is 3. The summed E-state index contributed by atoms with van der Waals surface area (Å²) < 4.78 is 39.5. The van der Waals surface area contributed by atoms with E-state index < -0.39 is 11.6 Å². The Balaban J connectivity index is 1.94. The van der Waals surface area contributed by atoms with Crippen molar-refractivity contribution in [2.75, 3.05) is 5.32 Å². The molecular formula is C14H11F3N2S. The van der Waals surface area contributed by atoms with E-state index in [2.05, 4.69) is 10.6 Å². The molecule has 0 saturated heterocycles. The Morgan fingerprint density at radius 3 is 2.45 bits per heavy atom. The highest BCUT2D eigenvalue weighted by atomic mass is 32.1. The number of anilines is 1. The fraction of sp³-hybridized carbons (Fsp3) is 0.0714. The lowest BCUT2D eigenvalue weighted by molar-refractivity contribution is 0.586. The predicted octanol–water partition coefficient (Wildman–Crippen LogP) is 3.59. The van der Waals surface area contributed by atoms with Crippen LogP contribution in [0.1, 0.15) is 5.56 Å². The van der Waals surface area contributed by atoms with Gasteiger partial charge in [0.2, 0.25) is 0 Å². The topological polar surface area (TPSA) is 24.1 Å². The minimum Gasteiger partial charge on any atom is -0.358 e. The van der Waals surface area contributed by atoms with Crippen LogP contribution in [0.5, 0.6) is 0 Å². The molecule has 0 unspecified atom stereocenters. The third-order valence-corrected chi connectivity index (χ3v) is 2.82. The Labute approximate surface area is 119 Å². The van der Waals surface area contributed by atoms with Gasteiger partial charge in [-0.05, 0) is 30.4 Å². The van der Waals surface area contributed by atoms with Crippen LogP contribution in [0.3, 0.4) is 0 Å². The molecular weight excluding hydrogens is 285 g/mol. The Bertz CT molecular complexity index is 632. The minimum atomic E-state index is -0.750. The first kappa shape index (κ1) is 14.3. The lowest BCUT2D eigenvalue weighted by Gasteiger charge is -2.11. The number of thiocarbonyl (C=S) groups is 1. The summed E-state index contributed by atoms with van der Waals surface area (Å²) in [6, 6.07) is 9.35. The highest BCUT2D eigenvalue weighted by molar-refractivity contribution is 7.80. The molecule has 0 spiro atoms. The van der Waals surface area contributed by atoms with E-state index in [1.165, 1.54) is 12.1 Å². The van der Waals surface area contributed by atoms with Gasteiger partial charge in [-0.1, -0.05) is 18.2 Å². The van der Waals surface area contributed by atoms with E-state index in [0.29, 0.717) is 5.56 Å². The van der Waals surface area contributed by atoms with Gasteiger partial charge in [-0.2, -0.15) is 0 Å². The predicted molar refractivity (Wildman–Crippen MR) is 75.8 cm³/mol. The van der Waals surface area contributed by atoms with Gasteiger partial charge in [-0.15, -0.1) is 0 Å². The van der Waals surface area contributed by atoms with E-state index in [1.54, 1.807) is 18.2 Å². The molecule has 2 aromatic rings. The van der Waals surface area contributed by atoms with Crippen molar-refractivity contribution >= 4 is 23.0 Å². The minimum absolute atomic E-state index is 0.0532. The van der Waals surface area contributed by atoms with Crippen LogP contribution in [0, 0.1) is 17.5 Å². The second-order valence-corrected chi connectivity index (χ2v) is 4.43. The van der Waals surface area contributed by atoms with Crippen molar-refractivity contribution in [2.24, 2.45) is 0 Å². The number of hydrogen-bond acceptors (Lipinski definition) is 1. The maximum atomic E-state index is 13.4. The van der Waals surface area contributed by atoms with Crippen LogP contribution in [-0.4, -0.2) is 5.11 Å². The molecule has 0 aliphatic heterocycles. The molecule has 20 heavy (non-hydrogen) atoms. The normalized spacial score (nSPS) is 10.2. The molecule has 0 atom stereocenters. The molecule has 0 aromatic heterocycles. The van der Waals surface area contributed by atoms with E-state index in [0.717, 1.165) is 12.1 Å². The molecule has 0 heterocycles. The summed E-state index contributed by atoms with van der Waals surface area (Å²) in [5.74, 6) is -1.77. The van der Waals surface area contributed by atoms with Crippen molar-refractivity contribution in [3.63, 3.8) is 0 Å². The number of halogens is 3. The summed E-state index contributed by atoms with van der Waals surface area (Å²) in [7, 11) is 0. The van der Waals surface area contributed by atoms with Gasteiger partial charge < -0.3 is 10.6 Å². The molecule has 0 saturated carbocycles. The van der Waals surface area contributed by atoms with Crippen molar-refractivity contribution in [3.8, 4) is 0 Å². The van der Waals surface area contributed by atoms with Crippen molar-refractivity contribution in [3.05, 3.63) is 65.5 Å². The standard InChI is InChI=1S/C14H11F3N2S/c15-10-5-6-13(12(17)7-10)19-14(20)18-8-9-3-1-2-4-11(9)16/h1-7H,8H2,(H2,18,19,20). The maximum Gasteiger partial charge on any atom is 0.171 e. The van der Waals surface area contributed by atoms with Crippen LogP contribution in [0.15, 0.2) is 42.5 Å². The highest BCUT2D eigenvalue weighted by Crippen LogP contribution is 2.14. The molecule has 2 nitrogen and oxygen atoms in total. The Kier molecular flexibility index (Phi) is 4.57. The van der Waals surface area contributed by atoms with Crippen LogP contribution in [0.2, 0.25) is 0 Å². The lowest BCUT2D eigenvalue weighted by atomic mass is 10.2. The molecule has 2 N–H and O–H groups in total. The smallest absolute Gasteiger partial charge is 0.171 e. The largest absolute Gasteiger partial charge is 0.358 e. The van der Waals surface area contributed by atoms with Crippen molar-refractivity contribution in [2.45, 2.75) is 6.54 Å². The first-order chi connectivity index (χ1) is 9.56. The van der Waals surface area contributed by atoms with E-state index in [1.807, 2.05) is 0 Å². The Morgan fingerprint density at radius 1 is 1.00 bits per heavy atom. The van der Waals surface area contributed by atoms with Crippen molar-refractivity contribution in [1.29, 1.82) is 0 Å². The van der Waals surface area contributed by atoms with Gasteiger partial charge in [0, 0.05) is 18.2 Å². The van der Waals surface area contributed by atoms with Crippen LogP contribution in [0.25, 0.3) is 0 Å². The quantitative estimate of drug-likeness (QED) is 0.846. The van der Waals surface area contributed by atoms with Gasteiger partial charge in [-0.25, -0.2) is 13.2 Å². The van der Waals surface area contributed by atoms with Gasteiger partial charge in [0.05, 0.1) is 5.69 Å². The van der Waals surface area contributed by atoms with Crippen LogP contribution >= 0.6 is 12.2 Å². The second kappa shape index (κ2) is 6.38. The molecule has 0 amide bonds. The van der Waals surface area contributed by atoms with Gasteiger partial charge >= 0.3 is 0 Å². The van der Waals surface area contributed by atoms with Gasteiger partial charge in [-0.3, -0.25) is 0 Å². The molecule has 0 radical (unpaired) electrons. The number of nitrogens with one attached hydrogen (secondary N) is 2. The first-order valence-corrected chi connectivity index (χ1v) is 6.20. The summed E-state index contributed by atoms with van der Waals surface area (Å²) >= 11 is 4.97. The van der Waals surface area contributed by atoms with E-state index in [4.69, 9.17) is 12.2 Å². The Morgan fingerprint density at radius 2 is 1.75 bits per heavy atom. The summed E-state index contributed by atoms with van der Waals surface area (Å²) in [5, 5.41) is 5.46. The molecule has 104 valence electrons. The molecule has 2 aromatic carbocycles. The number of hydrogen-bond donors (Lipinski definition) is 2. The molecule has 0 fully saturated rings. The van der Waals surface area contributed by atoms with Gasteiger partial charge in [0.1, 0.15) is 17.5 Å². The fourth-order valence-corrected chi connectivity index (χ4v) is 1.76. The average molecular weight is 296 g/mol. The molecule has 2 rings (SSSR count). The van der Waals surface area contributed by atoms with E-state index in [-0.39, 0.29) is 23.2 Å². The Hall–Kier alpha value is -2.08. The third-order valence-electron chi connectivity index (χ3n) is 2.58. The summed E-state index contributed by atoms with van der Waals surface area (Å²) in [6.45, 7) is 0.168. The molecule has 0 aliphatic carbocycles. The van der Waals surface area contributed by atoms with Gasteiger partial charge in [0.25, 0.3) is 0 Å². The molecule has 6 heteroatoms. The number of benzene rings is 2. The molecule has 0 aliphatic rings. The molecule has 0 bridgehead atoms. The van der Waals surface area contributed by atoms with Crippen molar-refractivity contribution < 1.29 is 13.2 Å². The van der Waals surface area contributed by atoms with Gasteiger partial charge in [0.15, 0.2) is 5.11 Å². The van der Waals surface area contributed by atoms with Crippen LogP contribution in [0.4, 0.5) is 18.9 Å². The lowest BCUT2D eigenvalue weighted by Crippen LogP contribution is -2.28. The average Bonchev–Trinajstić information content (AvgIpc) is 2.41. The fourth-order valence-electron chi connectivity index (χ4n) is 1.57. The SMILES string of the molecule is Fc1ccc(NC(=S)NCc2ccccc2F)c(F)c1. The maximum absolute atomic E-state index is 13.4. The van der Waals surface area contributed by atoms with E-state index >= 15 is 0 Å². The first-order valence-electron chi connectivity index (χ1n) is 5.79. The summed E-state index contributed by atoms with van der Waals surface area (Å²) in [5.41, 5.74) is 0.494. The van der Waals surface area contributed by atoms with Crippen LogP contribution < -0.4 is 10.6 Å². The van der Waals surface area contributed by atoms with Crippen LogP contribution in [-0.2, 0) is 6.54 Å². The highest BCUT2D eigenvalue weighted by Gasteiger charge is 2.06. The summed E-state index contributed by atoms with van der Waals surface area (Å²) in [6.07, 6.45) is 0. The van der Waals surface area contributed by atoms with E-state index in [9.17, 15) is 13.2 Å². The zero-order chi connectivity index (χ0) is 14.5. The zero-order valence-electron chi connectivity index (χ0n) is 10.3. The zero-order valence-corrected chi connectivity index (χ0v) is 11.1. The summed E-state index contributed by atoms with van der Waals surface area (Å²) in [4.78, 5) is 0. The monoisotopic (exact) mass is 296 g/mol. The third kappa shape index (κ3) is 3.71. The van der Waals surface area contributed by atoms with Crippen molar-refractivity contribution in [1.82, 2.24) is 5.32 Å². The second-order valence-electron chi connectivity index (χ2n) is 4.02.